The van der Waals surface area contributed by atoms with Crippen LogP contribution in [0.5, 0.6) is 0 Å². The van der Waals surface area contributed by atoms with E-state index < -0.39 is 11.9 Å². The van der Waals surface area contributed by atoms with Crippen molar-refractivity contribution in [2.45, 2.75) is 51.9 Å². The smallest absolute Gasteiger partial charge is 0.331 e. The second kappa shape index (κ2) is 13.8. The van der Waals surface area contributed by atoms with Crippen LogP contribution in [0, 0.1) is 0 Å². The number of rotatable bonds is 12. The molecule has 0 heterocycles. The van der Waals surface area contributed by atoms with E-state index in [1.165, 1.54) is 19.3 Å². The van der Waals surface area contributed by atoms with Gasteiger partial charge in [0.25, 0.3) is 0 Å². The van der Waals surface area contributed by atoms with Gasteiger partial charge in [-0.15, -0.1) is 6.58 Å². The zero-order valence-electron chi connectivity index (χ0n) is 12.4. The molecular weight excluding hydrogens is 256 g/mol. The average Bonchev–Trinajstić information content (AvgIpc) is 2.45. The molecule has 0 aliphatic carbocycles. The van der Waals surface area contributed by atoms with Crippen LogP contribution in [-0.2, 0) is 19.1 Å². The molecule has 0 amide bonds. The van der Waals surface area contributed by atoms with Crippen molar-refractivity contribution in [2.24, 2.45) is 0 Å². The Balaban J connectivity index is 3.55. The first-order valence-electron chi connectivity index (χ1n) is 7.33. The van der Waals surface area contributed by atoms with Crippen LogP contribution in [0.15, 0.2) is 24.8 Å². The maximum atomic E-state index is 11.3. The molecule has 0 spiro atoms. The number of hydrogen-bond donors (Lipinski definition) is 0. The van der Waals surface area contributed by atoms with Crippen molar-refractivity contribution >= 4 is 11.9 Å². The lowest BCUT2D eigenvalue weighted by Crippen LogP contribution is -2.06. The number of carbonyl (C=O) groups is 2. The van der Waals surface area contributed by atoms with Crippen molar-refractivity contribution in [2.75, 3.05) is 13.2 Å². The lowest BCUT2D eigenvalue weighted by atomic mass is 10.2. The Morgan fingerprint density at radius 2 is 1.45 bits per heavy atom. The lowest BCUT2D eigenvalue weighted by molar-refractivity contribution is -0.140. The maximum Gasteiger partial charge on any atom is 0.331 e. The Bertz CT molecular complexity index is 308. The fourth-order valence-electron chi connectivity index (χ4n) is 1.51. The van der Waals surface area contributed by atoms with Crippen molar-refractivity contribution < 1.29 is 19.1 Å². The molecule has 0 bridgehead atoms. The van der Waals surface area contributed by atoms with E-state index in [2.05, 4.69) is 13.5 Å². The molecule has 114 valence electrons. The molecule has 0 radical (unpaired) electrons. The Hall–Kier alpha value is -1.58. The predicted molar refractivity (Wildman–Crippen MR) is 79.2 cm³/mol. The number of carbonyl (C=O) groups excluding carboxylic acids is 2. The molecule has 4 nitrogen and oxygen atoms in total. The largest absolute Gasteiger partial charge is 0.463 e. The summed E-state index contributed by atoms with van der Waals surface area (Å²) in [7, 11) is 0. The first kappa shape index (κ1) is 18.4. The summed E-state index contributed by atoms with van der Waals surface area (Å²) in [6, 6.07) is 0. The fraction of sp³-hybridized carbons (Fsp3) is 0.625. The molecule has 0 unspecified atom stereocenters. The highest BCUT2D eigenvalue weighted by Crippen LogP contribution is 2.02. The number of hydrogen-bond acceptors (Lipinski definition) is 4. The van der Waals surface area contributed by atoms with Gasteiger partial charge in [-0.05, 0) is 19.3 Å². The lowest BCUT2D eigenvalue weighted by Gasteiger charge is -2.02. The first-order chi connectivity index (χ1) is 9.70. The molecule has 0 atom stereocenters. The summed E-state index contributed by atoms with van der Waals surface area (Å²) in [5.74, 6) is -1.02. The average molecular weight is 282 g/mol. The first-order valence-corrected chi connectivity index (χ1v) is 7.33. The van der Waals surface area contributed by atoms with Crippen molar-refractivity contribution in [1.29, 1.82) is 0 Å². The minimum absolute atomic E-state index is 0.335. The van der Waals surface area contributed by atoms with E-state index in [4.69, 9.17) is 9.47 Å². The molecule has 0 aromatic rings. The standard InChI is InChI=1S/C16H26O4/c1-3-5-7-8-10-14-20-16(18)12-11-15(17)19-13-9-6-4-2/h4,11-12H,2-3,5-10,13-14H2,1H3/b12-11+. The molecule has 0 saturated carbocycles. The van der Waals surface area contributed by atoms with Crippen LogP contribution in [0.4, 0.5) is 0 Å². The second-order valence-corrected chi connectivity index (χ2v) is 4.51. The molecule has 0 aliphatic rings. The van der Waals surface area contributed by atoms with Gasteiger partial charge in [0, 0.05) is 12.2 Å². The third kappa shape index (κ3) is 12.9. The van der Waals surface area contributed by atoms with Crippen LogP contribution >= 0.6 is 0 Å². The van der Waals surface area contributed by atoms with Crippen LogP contribution < -0.4 is 0 Å². The summed E-state index contributed by atoms with van der Waals surface area (Å²) in [5.41, 5.74) is 0. The normalized spacial score (nSPS) is 10.4. The molecule has 0 aromatic carbocycles. The van der Waals surface area contributed by atoms with Crippen LogP contribution in [0.3, 0.4) is 0 Å². The number of unbranched alkanes of at least 4 members (excludes halogenated alkanes) is 5. The zero-order chi connectivity index (χ0) is 15.1. The van der Waals surface area contributed by atoms with Crippen LogP contribution in [0.2, 0.25) is 0 Å². The number of ether oxygens (including phenoxy) is 2. The van der Waals surface area contributed by atoms with Gasteiger partial charge in [-0.2, -0.15) is 0 Å². The molecule has 0 aliphatic heterocycles. The van der Waals surface area contributed by atoms with E-state index in [0.29, 0.717) is 13.2 Å². The quantitative estimate of drug-likeness (QED) is 0.238. The summed E-state index contributed by atoms with van der Waals surface area (Å²) in [6.45, 7) is 6.47. The SMILES string of the molecule is C=CCCCOC(=O)/C=C/C(=O)OCCCCCCC. The van der Waals surface area contributed by atoms with Crippen molar-refractivity contribution in [3.8, 4) is 0 Å². The van der Waals surface area contributed by atoms with E-state index in [1.54, 1.807) is 6.08 Å². The third-order valence-corrected chi connectivity index (χ3v) is 2.64. The number of esters is 2. The van der Waals surface area contributed by atoms with E-state index >= 15 is 0 Å². The van der Waals surface area contributed by atoms with Crippen molar-refractivity contribution in [3.63, 3.8) is 0 Å². The van der Waals surface area contributed by atoms with Crippen LogP contribution in [-0.4, -0.2) is 25.2 Å². The Labute approximate surface area is 121 Å². The molecule has 4 heteroatoms. The second-order valence-electron chi connectivity index (χ2n) is 4.51. The molecule has 0 N–H and O–H groups in total. The minimum atomic E-state index is -0.519. The highest BCUT2D eigenvalue weighted by Gasteiger charge is 2.00. The van der Waals surface area contributed by atoms with Gasteiger partial charge in [0.2, 0.25) is 0 Å². The predicted octanol–water partition coefficient (Wildman–Crippen LogP) is 3.57. The third-order valence-electron chi connectivity index (χ3n) is 2.64. The van der Waals surface area contributed by atoms with E-state index in [9.17, 15) is 9.59 Å². The summed E-state index contributed by atoms with van der Waals surface area (Å²) in [6.07, 6.45) is 11.0. The highest BCUT2D eigenvalue weighted by atomic mass is 16.5. The van der Waals surface area contributed by atoms with Gasteiger partial charge >= 0.3 is 11.9 Å². The summed E-state index contributed by atoms with van der Waals surface area (Å²) in [5, 5.41) is 0. The zero-order valence-corrected chi connectivity index (χ0v) is 12.4. The molecular formula is C16H26O4. The van der Waals surface area contributed by atoms with E-state index in [1.807, 2.05) is 0 Å². The molecule has 0 saturated heterocycles. The summed E-state index contributed by atoms with van der Waals surface area (Å²) >= 11 is 0. The highest BCUT2D eigenvalue weighted by molar-refractivity contribution is 5.91. The Morgan fingerprint density at radius 1 is 0.900 bits per heavy atom. The molecule has 0 aromatic heterocycles. The van der Waals surface area contributed by atoms with Crippen molar-refractivity contribution in [3.05, 3.63) is 24.8 Å². The number of allylic oxidation sites excluding steroid dienone is 1. The maximum absolute atomic E-state index is 11.3. The van der Waals surface area contributed by atoms with Gasteiger partial charge in [-0.1, -0.05) is 38.7 Å². The van der Waals surface area contributed by atoms with Crippen LogP contribution in [0.25, 0.3) is 0 Å². The van der Waals surface area contributed by atoms with E-state index in [-0.39, 0.29) is 0 Å². The summed E-state index contributed by atoms with van der Waals surface area (Å²) < 4.78 is 9.85. The van der Waals surface area contributed by atoms with Gasteiger partial charge in [-0.25, -0.2) is 9.59 Å². The molecule has 0 rings (SSSR count). The topological polar surface area (TPSA) is 52.6 Å². The van der Waals surface area contributed by atoms with Gasteiger partial charge < -0.3 is 9.47 Å². The fourth-order valence-corrected chi connectivity index (χ4v) is 1.51. The van der Waals surface area contributed by atoms with Gasteiger partial charge in [0.05, 0.1) is 13.2 Å². The monoisotopic (exact) mass is 282 g/mol. The van der Waals surface area contributed by atoms with Gasteiger partial charge in [0.1, 0.15) is 0 Å². The van der Waals surface area contributed by atoms with Crippen molar-refractivity contribution in [1.82, 2.24) is 0 Å². The Morgan fingerprint density at radius 3 is 2.00 bits per heavy atom. The molecule has 20 heavy (non-hydrogen) atoms. The van der Waals surface area contributed by atoms with E-state index in [0.717, 1.165) is 37.8 Å². The van der Waals surface area contributed by atoms with Gasteiger partial charge in [0.15, 0.2) is 0 Å². The Kier molecular flexibility index (Phi) is 12.7. The minimum Gasteiger partial charge on any atom is -0.463 e. The van der Waals surface area contributed by atoms with Gasteiger partial charge in [-0.3, -0.25) is 0 Å². The molecule has 0 fully saturated rings. The summed E-state index contributed by atoms with van der Waals surface area (Å²) in [4.78, 5) is 22.5. The van der Waals surface area contributed by atoms with Crippen LogP contribution in [0.1, 0.15) is 51.9 Å².